The van der Waals surface area contributed by atoms with Gasteiger partial charge >= 0.3 is 0 Å². The predicted molar refractivity (Wildman–Crippen MR) is 136 cm³/mol. The van der Waals surface area contributed by atoms with Crippen LogP contribution in [0.3, 0.4) is 0 Å². The highest BCUT2D eigenvalue weighted by Crippen LogP contribution is 2.34. The molecule has 3 atom stereocenters. The molecule has 3 unspecified atom stereocenters. The maximum Gasteiger partial charge on any atom is 0.263 e. The van der Waals surface area contributed by atoms with Crippen LogP contribution >= 0.6 is 11.3 Å². The number of aromatic nitrogens is 2. The average molecular weight is 517 g/mol. The van der Waals surface area contributed by atoms with Crippen molar-refractivity contribution in [1.29, 1.82) is 0 Å². The van der Waals surface area contributed by atoms with Crippen LogP contribution < -0.4 is 21.7 Å². The van der Waals surface area contributed by atoms with Gasteiger partial charge in [-0.1, -0.05) is 0 Å². The normalized spacial score (nSPS) is 21.9. The number of anilines is 2. The molecule has 3 aromatic heterocycles. The topological polar surface area (TPSA) is 119 Å². The maximum atomic E-state index is 15.1. The van der Waals surface area contributed by atoms with Crippen LogP contribution in [0.5, 0.6) is 0 Å². The number of nitrogen functional groups attached to an aromatic ring is 1. The Bertz CT molecular complexity index is 1330. The number of hydrogen-bond acceptors (Lipinski definition) is 8. The van der Waals surface area contributed by atoms with Crippen molar-refractivity contribution in [3.63, 3.8) is 0 Å². The lowest BCUT2D eigenvalue weighted by Crippen LogP contribution is -2.39. The Kier molecular flexibility index (Phi) is 6.56. The maximum absolute atomic E-state index is 15.1. The van der Waals surface area contributed by atoms with E-state index in [0.717, 1.165) is 22.6 Å². The van der Waals surface area contributed by atoms with E-state index in [0.29, 0.717) is 53.3 Å². The van der Waals surface area contributed by atoms with Crippen molar-refractivity contribution in [3.05, 3.63) is 45.6 Å². The summed E-state index contributed by atoms with van der Waals surface area (Å²) in [5, 5.41) is 3.44. The molecule has 36 heavy (non-hydrogen) atoms. The summed E-state index contributed by atoms with van der Waals surface area (Å²) >= 11 is 1.14. The zero-order valence-electron chi connectivity index (χ0n) is 20.5. The van der Waals surface area contributed by atoms with Gasteiger partial charge in [0, 0.05) is 30.2 Å². The van der Waals surface area contributed by atoms with Crippen LogP contribution in [0.15, 0.2) is 12.1 Å². The fourth-order valence-electron chi connectivity index (χ4n) is 4.96. The third kappa shape index (κ3) is 4.62. The summed E-state index contributed by atoms with van der Waals surface area (Å²) < 4.78 is 34.9. The number of amides is 1. The molecule has 1 fully saturated rings. The summed E-state index contributed by atoms with van der Waals surface area (Å²) in [5.41, 5.74) is 14.4. The standard InChI is InChI=1S/C25H30F2N6O2S/c1-11(2)35-20-10-33(9-18(20)28)23-17(27)7-13-6-14(4-5-19(13)32-23)31-24(34)22-21(29)15-8-16(26)12(3)30-25(15)36-22/h7-8,11,14,18,20H,4-6,9-10,28-29H2,1-3H3,(H,31,34). The molecule has 3 aromatic rings. The number of nitrogens with zero attached hydrogens (tertiary/aromatic N) is 3. The number of hydrogen-bond donors (Lipinski definition) is 3. The monoisotopic (exact) mass is 516 g/mol. The van der Waals surface area contributed by atoms with E-state index in [1.807, 2.05) is 18.7 Å². The fraction of sp³-hybridized carbons (Fsp3) is 0.480. The van der Waals surface area contributed by atoms with Crippen molar-refractivity contribution in [2.45, 2.75) is 64.3 Å². The number of thiophene rings is 1. The number of fused-ring (bicyclic) bond motifs is 2. The number of pyridine rings is 2. The van der Waals surface area contributed by atoms with E-state index < -0.39 is 11.6 Å². The smallest absolute Gasteiger partial charge is 0.263 e. The fourth-order valence-corrected chi connectivity index (χ4v) is 5.99. The SMILES string of the molecule is Cc1nc2sc(C(=O)NC3CCc4nc(N5CC(N)C(OC(C)C)C5)c(F)cc4C3)c(N)c2cc1F. The summed E-state index contributed by atoms with van der Waals surface area (Å²) in [6, 6.07) is 2.42. The number of carbonyl (C=O) groups excluding carboxylic acids is 1. The molecule has 11 heteroatoms. The van der Waals surface area contributed by atoms with Crippen LogP contribution in [0.1, 0.15) is 46.9 Å². The molecule has 4 heterocycles. The molecule has 2 aliphatic rings. The summed E-state index contributed by atoms with van der Waals surface area (Å²) in [7, 11) is 0. The molecule has 1 aliphatic carbocycles. The van der Waals surface area contributed by atoms with E-state index in [2.05, 4.69) is 15.3 Å². The van der Waals surface area contributed by atoms with Crippen LogP contribution in [0.4, 0.5) is 20.3 Å². The van der Waals surface area contributed by atoms with Gasteiger partial charge in [-0.05, 0) is 57.7 Å². The van der Waals surface area contributed by atoms with E-state index in [4.69, 9.17) is 16.2 Å². The second-order valence-electron chi connectivity index (χ2n) is 9.86. The summed E-state index contributed by atoms with van der Waals surface area (Å²) in [5.74, 6) is -0.908. The van der Waals surface area contributed by atoms with Gasteiger partial charge < -0.3 is 26.4 Å². The van der Waals surface area contributed by atoms with Crippen molar-refractivity contribution < 1.29 is 18.3 Å². The Morgan fingerprint density at radius 3 is 2.78 bits per heavy atom. The highest BCUT2D eigenvalue weighted by Gasteiger charge is 2.34. The molecular weight excluding hydrogens is 486 g/mol. The predicted octanol–water partition coefficient (Wildman–Crippen LogP) is 3.09. The van der Waals surface area contributed by atoms with Crippen molar-refractivity contribution in [2.75, 3.05) is 23.7 Å². The van der Waals surface area contributed by atoms with E-state index in [1.165, 1.54) is 12.1 Å². The lowest BCUT2D eigenvalue weighted by molar-refractivity contribution is 0.0127. The summed E-state index contributed by atoms with van der Waals surface area (Å²) in [6.45, 7) is 6.45. The highest BCUT2D eigenvalue weighted by atomic mass is 32.1. The number of rotatable bonds is 5. The van der Waals surface area contributed by atoms with E-state index >= 15 is 4.39 Å². The van der Waals surface area contributed by atoms with E-state index in [9.17, 15) is 9.18 Å². The number of halogens is 2. The van der Waals surface area contributed by atoms with Crippen molar-refractivity contribution in [2.24, 2.45) is 5.73 Å². The molecule has 192 valence electrons. The molecular formula is C25H30F2N6O2S. The minimum atomic E-state index is -0.462. The van der Waals surface area contributed by atoms with Crippen LogP contribution in [0, 0.1) is 18.6 Å². The Hall–Kier alpha value is -2.89. The highest BCUT2D eigenvalue weighted by molar-refractivity contribution is 7.21. The van der Waals surface area contributed by atoms with Crippen molar-refractivity contribution >= 4 is 39.0 Å². The Morgan fingerprint density at radius 1 is 1.25 bits per heavy atom. The molecule has 0 radical (unpaired) electrons. The Balaban J connectivity index is 1.29. The number of carbonyl (C=O) groups is 1. The summed E-state index contributed by atoms with van der Waals surface area (Å²) in [6.07, 6.45) is 1.60. The van der Waals surface area contributed by atoms with Crippen LogP contribution in [0.2, 0.25) is 0 Å². The Morgan fingerprint density at radius 2 is 2.03 bits per heavy atom. The number of aryl methyl sites for hydroxylation is 2. The van der Waals surface area contributed by atoms with Gasteiger partial charge in [-0.3, -0.25) is 4.79 Å². The largest absolute Gasteiger partial charge is 0.397 e. The second-order valence-corrected chi connectivity index (χ2v) is 10.9. The van der Waals surface area contributed by atoms with Crippen molar-refractivity contribution in [3.8, 4) is 0 Å². The van der Waals surface area contributed by atoms with Gasteiger partial charge in [0.25, 0.3) is 5.91 Å². The average Bonchev–Trinajstić information content (AvgIpc) is 3.32. The quantitative estimate of drug-likeness (QED) is 0.477. The van der Waals surface area contributed by atoms with E-state index in [-0.39, 0.29) is 41.6 Å². The molecule has 0 saturated carbocycles. The molecule has 5 N–H and O–H groups in total. The third-order valence-corrected chi connectivity index (χ3v) is 7.88. The van der Waals surface area contributed by atoms with Gasteiger partial charge in [0.05, 0.1) is 29.6 Å². The lowest BCUT2D eigenvalue weighted by Gasteiger charge is -2.27. The first-order chi connectivity index (χ1) is 17.1. The molecule has 0 spiro atoms. The Labute approximate surface area is 212 Å². The molecule has 5 rings (SSSR count). The van der Waals surface area contributed by atoms with Gasteiger partial charge in [-0.2, -0.15) is 0 Å². The first-order valence-electron chi connectivity index (χ1n) is 12.1. The van der Waals surface area contributed by atoms with Crippen LogP contribution in [-0.4, -0.2) is 53.3 Å². The third-order valence-electron chi connectivity index (χ3n) is 6.77. The lowest BCUT2D eigenvalue weighted by atomic mass is 9.91. The summed E-state index contributed by atoms with van der Waals surface area (Å²) in [4.78, 5) is 24.5. The first-order valence-corrected chi connectivity index (χ1v) is 12.9. The molecule has 0 bridgehead atoms. The zero-order valence-corrected chi connectivity index (χ0v) is 21.3. The van der Waals surface area contributed by atoms with Crippen LogP contribution in [0.25, 0.3) is 10.2 Å². The number of nitrogens with two attached hydrogens (primary N) is 2. The van der Waals surface area contributed by atoms with Gasteiger partial charge in [-0.15, -0.1) is 11.3 Å². The molecule has 8 nitrogen and oxygen atoms in total. The molecule has 1 saturated heterocycles. The molecule has 0 aromatic carbocycles. The van der Waals surface area contributed by atoms with Gasteiger partial charge in [0.1, 0.15) is 15.5 Å². The van der Waals surface area contributed by atoms with Gasteiger partial charge in [0.15, 0.2) is 11.6 Å². The second kappa shape index (κ2) is 9.53. The molecule has 1 aliphatic heterocycles. The van der Waals surface area contributed by atoms with E-state index in [1.54, 1.807) is 6.92 Å². The number of nitrogens with one attached hydrogen (secondary N) is 1. The minimum Gasteiger partial charge on any atom is -0.397 e. The van der Waals surface area contributed by atoms with Crippen molar-refractivity contribution in [1.82, 2.24) is 15.3 Å². The van der Waals surface area contributed by atoms with Crippen LogP contribution in [-0.2, 0) is 17.6 Å². The first kappa shape index (κ1) is 24.8. The minimum absolute atomic E-state index is 0.0407. The zero-order chi connectivity index (χ0) is 25.7. The van der Waals surface area contributed by atoms with Gasteiger partial charge in [-0.25, -0.2) is 18.7 Å². The molecule has 1 amide bonds. The number of ether oxygens (including phenoxy) is 1. The van der Waals surface area contributed by atoms with Gasteiger partial charge in [0.2, 0.25) is 0 Å².